The highest BCUT2D eigenvalue weighted by molar-refractivity contribution is 7.89. The smallest absolute Gasteiger partial charge is 0.191 e. The Morgan fingerprint density at radius 3 is 2.54 bits per heavy atom. The fraction of sp³-hybridized carbons (Fsp3) is 0.650. The van der Waals surface area contributed by atoms with E-state index < -0.39 is 15.7 Å². The number of guanidine groups is 1. The second kappa shape index (κ2) is 12.0. The molecule has 6 nitrogen and oxygen atoms in total. The fourth-order valence-electron chi connectivity index (χ4n) is 3.06. The number of aliphatic hydroxyl groups excluding tert-OH is 1. The molecule has 28 heavy (non-hydrogen) atoms. The van der Waals surface area contributed by atoms with Gasteiger partial charge in [-0.1, -0.05) is 19.9 Å². The molecule has 0 aliphatic rings. The number of hydrogen-bond donors (Lipinski definition) is 3. The molecule has 1 aromatic rings. The van der Waals surface area contributed by atoms with Crippen molar-refractivity contribution in [1.82, 2.24) is 10.6 Å². The van der Waals surface area contributed by atoms with Crippen molar-refractivity contribution in [3.63, 3.8) is 0 Å². The molecular weight excluding hydrogens is 381 g/mol. The predicted octanol–water partition coefficient (Wildman–Crippen LogP) is 2.47. The number of hydrogen-bond acceptors (Lipinski definition) is 4. The van der Waals surface area contributed by atoms with E-state index in [9.17, 15) is 17.9 Å². The van der Waals surface area contributed by atoms with Crippen LogP contribution in [0, 0.1) is 17.7 Å². The normalized spacial score (nSPS) is 13.6. The summed E-state index contributed by atoms with van der Waals surface area (Å²) >= 11 is 0. The van der Waals surface area contributed by atoms with E-state index in [0.717, 1.165) is 12.7 Å². The van der Waals surface area contributed by atoms with Crippen LogP contribution in [0.25, 0.3) is 0 Å². The Morgan fingerprint density at radius 2 is 1.96 bits per heavy atom. The van der Waals surface area contributed by atoms with Crippen LogP contribution in [0.2, 0.25) is 0 Å². The molecular formula is C20H34FN3O3S. The van der Waals surface area contributed by atoms with Crippen molar-refractivity contribution >= 4 is 15.8 Å². The maximum atomic E-state index is 13.7. The third-order valence-electron chi connectivity index (χ3n) is 4.24. The average Bonchev–Trinajstić information content (AvgIpc) is 2.58. The molecule has 3 N–H and O–H groups in total. The van der Waals surface area contributed by atoms with Crippen LogP contribution in [-0.2, 0) is 22.1 Å². The van der Waals surface area contributed by atoms with E-state index in [1.807, 2.05) is 6.92 Å². The molecule has 0 saturated carbocycles. The predicted molar refractivity (Wildman–Crippen MR) is 112 cm³/mol. The monoisotopic (exact) mass is 415 g/mol. The van der Waals surface area contributed by atoms with Crippen molar-refractivity contribution < 1.29 is 17.9 Å². The zero-order valence-corrected chi connectivity index (χ0v) is 18.2. The molecule has 0 bridgehead atoms. The van der Waals surface area contributed by atoms with Gasteiger partial charge in [-0.05, 0) is 54.9 Å². The van der Waals surface area contributed by atoms with Gasteiger partial charge < -0.3 is 15.7 Å². The molecule has 1 aromatic carbocycles. The standard InChI is InChI=1S/C20H34FN3O3S/c1-5-22-20(23-12-16(8-9-25)10-15(2)3)24-13-18-11-19(21)7-6-17(18)14-28(4,26)27/h6-7,11,15-16,25H,5,8-10,12-14H2,1-4H3,(H2,22,23,24). The maximum Gasteiger partial charge on any atom is 0.191 e. The Bertz CT molecular complexity index is 736. The molecule has 1 unspecified atom stereocenters. The van der Waals surface area contributed by atoms with E-state index in [-0.39, 0.29) is 18.9 Å². The molecule has 1 atom stereocenters. The van der Waals surface area contributed by atoms with Gasteiger partial charge in [0.1, 0.15) is 5.82 Å². The van der Waals surface area contributed by atoms with E-state index in [0.29, 0.717) is 48.4 Å². The first-order valence-corrected chi connectivity index (χ1v) is 11.8. The van der Waals surface area contributed by atoms with Gasteiger partial charge in [-0.15, -0.1) is 0 Å². The summed E-state index contributed by atoms with van der Waals surface area (Å²) in [5, 5.41) is 15.7. The Hall–Kier alpha value is -1.67. The summed E-state index contributed by atoms with van der Waals surface area (Å²) < 4.78 is 36.9. The lowest BCUT2D eigenvalue weighted by molar-refractivity contribution is 0.243. The van der Waals surface area contributed by atoms with Gasteiger partial charge in [0.25, 0.3) is 0 Å². The fourth-order valence-corrected chi connectivity index (χ4v) is 3.91. The van der Waals surface area contributed by atoms with E-state index in [1.54, 1.807) is 0 Å². The van der Waals surface area contributed by atoms with Crippen LogP contribution >= 0.6 is 0 Å². The van der Waals surface area contributed by atoms with Crippen molar-refractivity contribution in [2.24, 2.45) is 16.8 Å². The van der Waals surface area contributed by atoms with Crippen molar-refractivity contribution in [1.29, 1.82) is 0 Å². The molecule has 0 fully saturated rings. The minimum Gasteiger partial charge on any atom is -0.396 e. The zero-order chi connectivity index (χ0) is 21.2. The summed E-state index contributed by atoms with van der Waals surface area (Å²) in [5.74, 6) is 0.881. The summed E-state index contributed by atoms with van der Waals surface area (Å²) in [6.45, 7) is 7.91. The highest BCUT2D eigenvalue weighted by Gasteiger charge is 2.13. The van der Waals surface area contributed by atoms with Crippen molar-refractivity contribution in [2.45, 2.75) is 45.9 Å². The van der Waals surface area contributed by atoms with Gasteiger partial charge in [-0.25, -0.2) is 17.8 Å². The van der Waals surface area contributed by atoms with E-state index >= 15 is 0 Å². The minimum absolute atomic E-state index is 0.144. The molecule has 0 heterocycles. The lowest BCUT2D eigenvalue weighted by Gasteiger charge is -2.20. The van der Waals surface area contributed by atoms with Crippen LogP contribution in [-0.4, -0.2) is 45.4 Å². The topological polar surface area (TPSA) is 90.8 Å². The summed E-state index contributed by atoms with van der Waals surface area (Å²) in [5.41, 5.74) is 1.11. The molecule has 0 spiro atoms. The first-order valence-electron chi connectivity index (χ1n) is 9.72. The van der Waals surface area contributed by atoms with Crippen LogP contribution in [0.4, 0.5) is 4.39 Å². The second-order valence-corrected chi connectivity index (χ2v) is 9.71. The molecule has 1 rings (SSSR count). The number of rotatable bonds is 11. The molecule has 0 saturated heterocycles. The molecule has 160 valence electrons. The van der Waals surface area contributed by atoms with Crippen LogP contribution in [0.1, 0.15) is 44.7 Å². The van der Waals surface area contributed by atoms with E-state index in [2.05, 4.69) is 29.5 Å². The largest absolute Gasteiger partial charge is 0.396 e. The number of nitrogens with zero attached hydrogens (tertiary/aromatic N) is 1. The van der Waals surface area contributed by atoms with E-state index in [1.165, 1.54) is 18.2 Å². The van der Waals surface area contributed by atoms with Gasteiger partial charge in [-0.2, -0.15) is 0 Å². The number of aliphatic hydroxyl groups is 1. The molecule has 0 aromatic heterocycles. The summed E-state index contributed by atoms with van der Waals surface area (Å²) in [4.78, 5) is 4.50. The van der Waals surface area contributed by atoms with Crippen molar-refractivity contribution in [3.05, 3.63) is 35.1 Å². The zero-order valence-electron chi connectivity index (χ0n) is 17.3. The minimum atomic E-state index is -3.23. The summed E-state index contributed by atoms with van der Waals surface area (Å²) in [7, 11) is -3.23. The maximum absolute atomic E-state index is 13.7. The van der Waals surface area contributed by atoms with Crippen molar-refractivity contribution in [3.8, 4) is 0 Å². The van der Waals surface area contributed by atoms with Crippen molar-refractivity contribution in [2.75, 3.05) is 26.0 Å². The number of halogens is 1. The number of nitrogens with one attached hydrogen (secondary N) is 2. The molecule has 0 aliphatic carbocycles. The average molecular weight is 416 g/mol. The number of benzene rings is 1. The summed E-state index contributed by atoms with van der Waals surface area (Å²) in [6, 6.07) is 4.10. The Balaban J connectivity index is 2.90. The Labute approximate surface area is 168 Å². The Kier molecular flexibility index (Phi) is 10.5. The SMILES string of the molecule is CCNC(=NCc1cc(F)ccc1CS(C)(=O)=O)NCC(CCO)CC(C)C. The first kappa shape index (κ1) is 24.4. The van der Waals surface area contributed by atoms with Crippen LogP contribution in [0.5, 0.6) is 0 Å². The third-order valence-corrected chi connectivity index (χ3v) is 5.07. The van der Waals surface area contributed by atoms with E-state index in [4.69, 9.17) is 0 Å². The van der Waals surface area contributed by atoms with Crippen LogP contribution in [0.15, 0.2) is 23.2 Å². The van der Waals surface area contributed by atoms with Gasteiger partial charge in [-0.3, -0.25) is 0 Å². The second-order valence-electron chi connectivity index (χ2n) is 7.57. The van der Waals surface area contributed by atoms with Gasteiger partial charge in [0, 0.05) is 26.0 Å². The third kappa shape index (κ3) is 10.0. The van der Waals surface area contributed by atoms with Gasteiger partial charge >= 0.3 is 0 Å². The molecule has 0 aliphatic heterocycles. The summed E-state index contributed by atoms with van der Waals surface area (Å²) in [6.07, 6.45) is 2.87. The molecule has 0 radical (unpaired) electrons. The number of aliphatic imine (C=N–C) groups is 1. The van der Waals surface area contributed by atoms with Gasteiger partial charge in [0.05, 0.1) is 12.3 Å². The lowest BCUT2D eigenvalue weighted by atomic mass is 9.94. The quantitative estimate of drug-likeness (QED) is 0.382. The highest BCUT2D eigenvalue weighted by atomic mass is 32.2. The Morgan fingerprint density at radius 1 is 1.25 bits per heavy atom. The van der Waals surface area contributed by atoms with Gasteiger partial charge in [0.2, 0.25) is 0 Å². The van der Waals surface area contributed by atoms with Crippen LogP contribution in [0.3, 0.4) is 0 Å². The lowest BCUT2D eigenvalue weighted by Crippen LogP contribution is -2.40. The molecule has 0 amide bonds. The number of sulfone groups is 1. The van der Waals surface area contributed by atoms with Gasteiger partial charge in [0.15, 0.2) is 15.8 Å². The first-order chi connectivity index (χ1) is 13.1. The molecule has 8 heteroatoms. The highest BCUT2D eigenvalue weighted by Crippen LogP contribution is 2.16. The van der Waals surface area contributed by atoms with Crippen LogP contribution < -0.4 is 10.6 Å².